The third kappa shape index (κ3) is 34.3. The summed E-state index contributed by atoms with van der Waals surface area (Å²) < 4.78 is 12.1. The first kappa shape index (κ1) is 82.1. The van der Waals surface area contributed by atoms with E-state index < -0.39 is 23.9 Å². The Balaban J connectivity index is 1.18. The van der Waals surface area contributed by atoms with Gasteiger partial charge in [-0.1, -0.05) is 47.5 Å². The predicted octanol–water partition coefficient (Wildman–Crippen LogP) is -3.31. The van der Waals surface area contributed by atoms with Gasteiger partial charge in [-0.05, 0) is 99.6 Å². The Bertz CT molecular complexity index is 3130. The first-order valence-corrected chi connectivity index (χ1v) is 33.1. The minimum atomic E-state index is -0.745. The number of benzene rings is 2. The molecule has 0 saturated carbocycles. The smallest absolute Gasteiger partial charge is 0.314 e. The lowest BCUT2D eigenvalue weighted by atomic mass is 10.1. The van der Waals surface area contributed by atoms with E-state index in [1.54, 1.807) is 0 Å². The van der Waals surface area contributed by atoms with Crippen LogP contribution in [0.5, 0.6) is 11.5 Å². The van der Waals surface area contributed by atoms with Gasteiger partial charge in [-0.3, -0.25) is 59.6 Å². The number of nitrogens with two attached hydrogens (primary N) is 12. The maximum absolute atomic E-state index is 12.9. The summed E-state index contributed by atoms with van der Waals surface area (Å²) in [6.45, 7) is 6.45. The van der Waals surface area contributed by atoms with Crippen molar-refractivity contribution in [1.82, 2.24) is 72.3 Å². The normalized spacial score (nSPS) is 12.0. The number of aliphatic imine (C=N–C) groups is 4. The summed E-state index contributed by atoms with van der Waals surface area (Å²) in [6.07, 6.45) is 5.75. The van der Waals surface area contributed by atoms with E-state index in [1.807, 2.05) is 58.3 Å². The monoisotopic (exact) mass is 1440 g/mol. The molecule has 32 N–H and O–H groups in total. The molecule has 4 aromatic rings. The summed E-state index contributed by atoms with van der Waals surface area (Å²) in [5.74, 6) is -1.80. The molecule has 0 unspecified atom stereocenters. The van der Waals surface area contributed by atoms with Gasteiger partial charge in [0.1, 0.15) is 24.7 Å². The van der Waals surface area contributed by atoms with Crippen molar-refractivity contribution in [1.29, 1.82) is 0 Å². The van der Waals surface area contributed by atoms with Crippen molar-refractivity contribution in [2.45, 2.75) is 76.3 Å². The molecular formula is C60H98Cl2N30O8. The number of carbonyl (C=O) groups is 6. The highest BCUT2D eigenvalue weighted by Gasteiger charge is 2.20. The average Bonchev–Trinajstić information content (AvgIpc) is 0.845. The van der Waals surface area contributed by atoms with E-state index in [2.05, 4.69) is 82.4 Å². The van der Waals surface area contributed by atoms with Gasteiger partial charge >= 0.3 is 12.1 Å². The third-order valence-corrected chi connectivity index (χ3v) is 15.0. The lowest BCUT2D eigenvalue weighted by molar-refractivity contribution is -0.123. The van der Waals surface area contributed by atoms with Gasteiger partial charge in [0.15, 0.2) is 68.8 Å². The van der Waals surface area contributed by atoms with Crippen molar-refractivity contribution in [2.75, 3.05) is 141 Å². The molecule has 2 atom stereocenters. The second kappa shape index (κ2) is 46.1. The lowest BCUT2D eigenvalue weighted by Crippen LogP contribution is -2.46. The number of hydrogen-bond acceptors (Lipinski definition) is 24. The number of unbranched alkanes of at least 4 members (excludes halogenated alkanes) is 3. The zero-order valence-corrected chi connectivity index (χ0v) is 57.5. The van der Waals surface area contributed by atoms with Gasteiger partial charge in [-0.15, -0.1) is 0 Å². The van der Waals surface area contributed by atoms with E-state index in [4.69, 9.17) is 101 Å². The fourth-order valence-electron chi connectivity index (χ4n) is 9.02. The maximum Gasteiger partial charge on any atom is 0.314 e. The SMILES string of the molecule is NC(N)=NCCCC[C@@H](N)C(=O)NCCN(CCNC(=O)NCCCCNC(=O)NCCN(CCNC(=O)[C@H](N)CCCCN=C(N)N)CCOc1ccc(CCN=C(N)NC(=O)c2nc(Cl)c(N)nc2N)cc1)CCOc1ccc(CCN=C(N)NC(=O)c2nc(Cl)c(N)nc2N)cc1. The molecule has 0 radical (unpaired) electrons. The van der Waals surface area contributed by atoms with E-state index in [9.17, 15) is 28.8 Å². The minimum absolute atomic E-state index is 0.00498. The molecule has 0 aliphatic heterocycles. The van der Waals surface area contributed by atoms with Crippen LogP contribution in [0.4, 0.5) is 32.9 Å². The number of hydrogen-bond donors (Lipinski definition) is 20. The molecule has 0 aliphatic rings. The second-order valence-electron chi connectivity index (χ2n) is 22.3. The first-order chi connectivity index (χ1) is 47.9. The number of carbonyl (C=O) groups excluding carboxylic acids is 6. The van der Waals surface area contributed by atoms with E-state index in [1.165, 1.54) is 0 Å². The zero-order valence-electron chi connectivity index (χ0n) is 56.0. The molecule has 4 rings (SSSR count). The van der Waals surface area contributed by atoms with Crippen molar-refractivity contribution < 1.29 is 38.2 Å². The van der Waals surface area contributed by atoms with Gasteiger partial charge in [-0.25, -0.2) is 29.5 Å². The lowest BCUT2D eigenvalue weighted by Gasteiger charge is -2.23. The summed E-state index contributed by atoms with van der Waals surface area (Å²) in [7, 11) is 0. The molecule has 0 bridgehead atoms. The minimum Gasteiger partial charge on any atom is -0.492 e. The van der Waals surface area contributed by atoms with Crippen molar-refractivity contribution in [3.05, 3.63) is 81.4 Å². The number of urea groups is 2. The topological polar surface area (TPSA) is 637 Å². The number of rotatable bonds is 45. The van der Waals surface area contributed by atoms with Crippen molar-refractivity contribution in [3.8, 4) is 11.5 Å². The molecule has 100 heavy (non-hydrogen) atoms. The Hall–Kier alpha value is -10.3. The number of aromatic nitrogens is 4. The largest absolute Gasteiger partial charge is 0.492 e. The van der Waals surface area contributed by atoms with Gasteiger partial charge in [0.25, 0.3) is 11.8 Å². The van der Waals surface area contributed by atoms with Crippen LogP contribution in [0.15, 0.2) is 68.5 Å². The van der Waals surface area contributed by atoms with Crippen LogP contribution >= 0.6 is 23.2 Å². The summed E-state index contributed by atoms with van der Waals surface area (Å²) in [4.78, 5) is 112. The Kier molecular flexibility index (Phi) is 37.9. The Morgan fingerprint density at radius 1 is 0.430 bits per heavy atom. The van der Waals surface area contributed by atoms with Crippen molar-refractivity contribution >= 4 is 106 Å². The molecule has 8 amide bonds. The van der Waals surface area contributed by atoms with Crippen LogP contribution in [0, 0.1) is 0 Å². The van der Waals surface area contributed by atoms with Crippen LogP contribution in [-0.2, 0) is 22.4 Å². The molecule has 0 aliphatic carbocycles. The van der Waals surface area contributed by atoms with Crippen LogP contribution in [0.1, 0.15) is 83.5 Å². The molecule has 0 saturated heterocycles. The van der Waals surface area contributed by atoms with E-state index >= 15 is 0 Å². The number of nitrogen functional groups attached to an aromatic ring is 4. The number of amides is 8. The number of ether oxygens (including phenoxy) is 2. The quantitative estimate of drug-likeness (QED) is 0.0117. The molecule has 0 spiro atoms. The molecular weight excluding hydrogens is 1340 g/mol. The molecule has 40 heteroatoms. The number of nitrogens with zero attached hydrogens (tertiary/aromatic N) is 10. The van der Waals surface area contributed by atoms with Crippen LogP contribution in [-0.4, -0.2) is 219 Å². The Morgan fingerprint density at radius 3 is 1.14 bits per heavy atom. The summed E-state index contributed by atoms with van der Waals surface area (Å²) >= 11 is 11.8. The second-order valence-corrected chi connectivity index (χ2v) is 23.1. The number of nitrogens with one attached hydrogen (secondary N) is 8. The van der Waals surface area contributed by atoms with Crippen molar-refractivity contribution in [2.24, 2.45) is 65.8 Å². The van der Waals surface area contributed by atoms with Crippen LogP contribution < -0.4 is 121 Å². The molecule has 0 fully saturated rings. The Labute approximate surface area is 589 Å². The molecule has 2 aromatic heterocycles. The van der Waals surface area contributed by atoms with Crippen LogP contribution in [0.25, 0.3) is 0 Å². The fourth-order valence-corrected chi connectivity index (χ4v) is 9.27. The summed E-state index contributed by atoms with van der Waals surface area (Å²) in [5.41, 5.74) is 69.8. The first-order valence-electron chi connectivity index (χ1n) is 32.4. The van der Waals surface area contributed by atoms with Gasteiger partial charge in [-0.2, -0.15) is 0 Å². The summed E-state index contributed by atoms with van der Waals surface area (Å²) in [6, 6.07) is 12.6. The fraction of sp³-hybridized carbons (Fsp3) is 0.500. The molecule has 38 nitrogen and oxygen atoms in total. The highest BCUT2D eigenvalue weighted by atomic mass is 35.5. The van der Waals surface area contributed by atoms with Crippen molar-refractivity contribution in [3.63, 3.8) is 0 Å². The van der Waals surface area contributed by atoms with Gasteiger partial charge in [0.05, 0.1) is 12.1 Å². The number of guanidine groups is 4. The third-order valence-electron chi connectivity index (χ3n) is 14.5. The highest BCUT2D eigenvalue weighted by Crippen LogP contribution is 2.19. The predicted molar refractivity (Wildman–Crippen MR) is 387 cm³/mol. The molecule has 2 heterocycles. The van der Waals surface area contributed by atoms with Crippen LogP contribution in [0.3, 0.4) is 0 Å². The van der Waals surface area contributed by atoms with E-state index in [0.717, 1.165) is 11.1 Å². The van der Waals surface area contributed by atoms with Gasteiger partial charge in [0, 0.05) is 105 Å². The van der Waals surface area contributed by atoms with Gasteiger partial charge < -0.3 is 110 Å². The molecule has 550 valence electrons. The Morgan fingerprint density at radius 2 is 0.780 bits per heavy atom. The molecule has 2 aromatic carbocycles. The number of halogens is 2. The van der Waals surface area contributed by atoms with Gasteiger partial charge in [0.2, 0.25) is 11.8 Å². The standard InChI is InChI=1S/C60H98Cl2N30O8/c61-45-49(67)87-47(65)43(85-45)53(95)89-57(73)79-23-17-37-9-13-39(14-10-37)99-35-33-91(29-25-75-51(93)41(63)7-1-3-19-77-55(69)70)31-27-83-59(97)81-21-5-6-22-82-60(98)84-28-32-92(30-26-76-52(94)42(64)8-2-4-20-78-56(71)72)34-36-100-40-15-11-38(12-16-40)18-24-80-58(74)90-54(96)44-48(66)88-50(68)46(62)86-44/h9-16,41-42H,1-8,17-36,63-64H2,(H,75,93)(H,76,94)(H4,65,67,87)(H4,66,68,88)(H4,69,70,77)(H4,71,72,78)(H2,81,83,97)(H2,82,84,98)(H3,73,79,89,95)(H3,74,80,90,96)/t41-,42-/m1/s1. The maximum atomic E-state index is 12.9. The van der Waals surface area contributed by atoms with E-state index in [0.29, 0.717) is 154 Å². The van der Waals surface area contributed by atoms with Crippen LogP contribution in [0.2, 0.25) is 10.3 Å². The van der Waals surface area contributed by atoms with E-state index in [-0.39, 0.29) is 132 Å². The summed E-state index contributed by atoms with van der Waals surface area (Å²) in [5, 5.41) is 21.7. The highest BCUT2D eigenvalue weighted by molar-refractivity contribution is 6.32. The number of anilines is 4. The average molecular weight is 1440 g/mol. The zero-order chi connectivity index (χ0) is 73.2.